The number of alkyl halides is 5. The predicted octanol–water partition coefficient (Wildman–Crippen LogP) is 1.31. The van der Waals surface area contributed by atoms with Crippen LogP contribution >= 0.6 is 69.5 Å². The Balaban J connectivity index is 1.64. The van der Waals surface area contributed by atoms with Gasteiger partial charge in [0, 0.05) is 30.0 Å². The van der Waals surface area contributed by atoms with Crippen molar-refractivity contribution in [2.24, 2.45) is 11.1 Å². The van der Waals surface area contributed by atoms with Gasteiger partial charge in [-0.3, -0.25) is 28.2 Å². The number of rotatable bonds is 21. The van der Waals surface area contributed by atoms with E-state index in [9.17, 15) is 47.6 Å². The van der Waals surface area contributed by atoms with E-state index in [-0.39, 0.29) is 34.4 Å². The first-order valence-electron chi connectivity index (χ1n) is 16.0. The molecule has 30 heteroatoms. The van der Waals surface area contributed by atoms with Crippen LogP contribution in [0.4, 0.5) is 19.0 Å². The van der Waals surface area contributed by atoms with E-state index in [2.05, 4.69) is 20.3 Å². The number of ether oxygens (including phenoxy) is 1. The number of nitrogens with two attached hydrogens (primary N) is 1. The van der Waals surface area contributed by atoms with Gasteiger partial charge in [0.2, 0.25) is 0 Å². The van der Waals surface area contributed by atoms with Crippen molar-refractivity contribution in [2.45, 2.75) is 52.8 Å². The Morgan fingerprint density at radius 1 is 1.13 bits per heavy atom. The second-order valence-electron chi connectivity index (χ2n) is 12.2. The van der Waals surface area contributed by atoms with Gasteiger partial charge >= 0.3 is 32.8 Å². The molecule has 20 nitrogen and oxygen atoms in total. The van der Waals surface area contributed by atoms with Crippen LogP contribution in [0.1, 0.15) is 25.5 Å². The van der Waals surface area contributed by atoms with Crippen LogP contribution in [0.5, 0.6) is 0 Å². The largest absolute Gasteiger partial charge is 0.628 e. The highest BCUT2D eigenvalue weighted by atomic mass is 35.5. The fraction of sp³-hybridized carbons (Fsp3) is 0.792. The van der Waals surface area contributed by atoms with Crippen LogP contribution in [-0.4, -0.2) is 112 Å². The highest BCUT2D eigenvalue weighted by Gasteiger charge is 2.73. The first-order chi connectivity index (χ1) is 25.0. The maximum absolute atomic E-state index is 14.1. The van der Waals surface area contributed by atoms with E-state index in [1.54, 1.807) is 11.8 Å². The minimum Gasteiger partial charge on any atom is -0.628 e. The number of halogens is 5. The van der Waals surface area contributed by atoms with Gasteiger partial charge in [0.1, 0.15) is 6.10 Å². The van der Waals surface area contributed by atoms with Crippen molar-refractivity contribution < 1.29 is 64.6 Å². The molecule has 3 heterocycles. The molecule has 1 aliphatic carbocycles. The lowest BCUT2D eigenvalue weighted by Crippen LogP contribution is -3.18. The lowest BCUT2D eigenvalue weighted by Gasteiger charge is -2.40. The maximum Gasteiger partial charge on any atom is 0.537 e. The van der Waals surface area contributed by atoms with Crippen LogP contribution in [0.25, 0.3) is 11.2 Å². The number of nitrogens with one attached hydrogen (secondary N) is 4. The predicted molar refractivity (Wildman–Crippen MR) is 195 cm³/mol. The van der Waals surface area contributed by atoms with Gasteiger partial charge in [-0.05, 0) is 19.1 Å². The molecule has 4 rings (SSSR count). The third-order valence-electron chi connectivity index (χ3n) is 8.49. The van der Waals surface area contributed by atoms with Crippen molar-refractivity contribution in [2.75, 3.05) is 70.5 Å². The van der Waals surface area contributed by atoms with Crippen molar-refractivity contribution >= 4 is 86.5 Å². The van der Waals surface area contributed by atoms with Crippen molar-refractivity contribution in [1.82, 2.24) is 19.5 Å². The molecule has 0 amide bonds. The molecule has 0 bridgehead atoms. The molecule has 1 aliphatic heterocycles. The maximum atomic E-state index is 14.1. The minimum absolute atomic E-state index is 0.00300. The lowest BCUT2D eigenvalue weighted by atomic mass is 9.95. The molecule has 0 radical (unpaired) electrons. The van der Waals surface area contributed by atoms with Crippen LogP contribution in [0.3, 0.4) is 0 Å². The Labute approximate surface area is 326 Å². The summed E-state index contributed by atoms with van der Waals surface area (Å²) in [6.07, 6.45) is -5.25. The van der Waals surface area contributed by atoms with E-state index in [0.29, 0.717) is 39.2 Å². The number of hydrogen-bond acceptors (Lipinski definition) is 18. The van der Waals surface area contributed by atoms with Crippen molar-refractivity contribution in [1.29, 1.82) is 0 Å². The Bertz CT molecular complexity index is 1760. The van der Waals surface area contributed by atoms with Crippen molar-refractivity contribution in [3.63, 3.8) is 0 Å². The summed E-state index contributed by atoms with van der Waals surface area (Å²) >= 11 is 14.7. The molecule has 1 saturated heterocycles. The second kappa shape index (κ2) is 17.9. The third kappa shape index (κ3) is 9.40. The minimum atomic E-state index is -5.60. The number of anilines is 1. The summed E-state index contributed by atoms with van der Waals surface area (Å²) in [6, 6.07) is 0. The van der Waals surface area contributed by atoms with Crippen LogP contribution in [0.2, 0.25) is 0 Å². The summed E-state index contributed by atoms with van der Waals surface area (Å²) in [5.74, 6) is 0.547. The molecule has 8 atom stereocenters. The summed E-state index contributed by atoms with van der Waals surface area (Å²) in [5, 5.41) is 52.2. The Morgan fingerprint density at radius 2 is 1.78 bits per heavy atom. The van der Waals surface area contributed by atoms with E-state index in [4.69, 9.17) is 47.0 Å². The molecule has 2 fully saturated rings. The number of hydroxylamine groups is 3. The average Bonchev–Trinajstić information content (AvgIpc) is 3.71. The number of aliphatic hydroxyl groups is 1. The fourth-order valence-corrected chi connectivity index (χ4v) is 16.1. The van der Waals surface area contributed by atoms with Gasteiger partial charge in [-0.15, -0.1) is 0 Å². The first-order valence-corrected chi connectivity index (χ1v) is 23.9. The molecule has 1 spiro atoms. The molecule has 7 N–H and O–H groups in total. The lowest BCUT2D eigenvalue weighted by molar-refractivity contribution is -0.803. The standard InChI is InChI=1S/C24H41Cl2F3N9O11P3S2/c1-35(40)50(43,36(2)41)24(25,26)51(44,46-10-8-30)49-52(45,37(3)42)47-13-15-22(5-6-22)17(39)20(48-15)38-14-32-16-18(31-9-12-53-4)33-21(34-19(16)38)54-11-7-23(27,28)29/h14-15,17,20,35-37,39H,5-13,30H2,1-4H3,(H,31,33,34)/t15-,17+,20-,51?,52?/m1/s1. The number of hydrogen-bond donors (Lipinski definition) is 6. The van der Waals surface area contributed by atoms with E-state index < -0.39 is 90.8 Å². The monoisotopic (exact) mass is 915 g/mol. The summed E-state index contributed by atoms with van der Waals surface area (Å²) < 4.78 is 100. The van der Waals surface area contributed by atoms with Gasteiger partial charge in [-0.25, -0.2) is 24.1 Å². The highest BCUT2D eigenvalue weighted by molar-refractivity contribution is 7.99. The SMILES string of the molecule is CSCCNc1nc(SCCC(F)(F)F)nc2c1ncn2[C@@H]1O[C@H](COP(=O)(OP(=O)(OCCN)C(Cl)(Cl)P(=O)([NH+](C)[O-])[NH+](C)[O-])[NH+](C)[O-])C2(CC2)[C@H]1O. The van der Waals surface area contributed by atoms with Crippen LogP contribution < -0.4 is 25.6 Å². The zero-order valence-corrected chi connectivity index (χ0v) is 34.9. The van der Waals surface area contributed by atoms with Gasteiger partial charge in [-0.1, -0.05) is 35.0 Å². The first kappa shape index (κ1) is 46.3. The van der Waals surface area contributed by atoms with Gasteiger partial charge in [0.25, 0.3) is 0 Å². The summed E-state index contributed by atoms with van der Waals surface area (Å²) in [7, 11) is -14.0. The summed E-state index contributed by atoms with van der Waals surface area (Å²) in [6.45, 7) is -1.40. The Kier molecular flexibility index (Phi) is 15.3. The van der Waals surface area contributed by atoms with Crippen molar-refractivity contribution in [3.8, 4) is 0 Å². The molecule has 54 heavy (non-hydrogen) atoms. The zero-order valence-electron chi connectivity index (χ0n) is 29.1. The summed E-state index contributed by atoms with van der Waals surface area (Å²) in [4.78, 5) is 9.00. The summed E-state index contributed by atoms with van der Waals surface area (Å²) in [5.41, 5.74) is 4.74. The molecule has 0 aromatic carbocycles. The Morgan fingerprint density at radius 3 is 2.31 bits per heavy atom. The molecular formula is C24H41Cl2F3N9O11P3S2. The topological polar surface area (TPSA) is 273 Å². The molecule has 2 aliphatic rings. The quantitative estimate of drug-likeness (QED) is 0.0257. The average molecular weight is 917 g/mol. The van der Waals surface area contributed by atoms with Gasteiger partial charge < -0.3 is 41.0 Å². The number of aromatic nitrogens is 4. The van der Waals surface area contributed by atoms with E-state index >= 15 is 0 Å². The zero-order chi connectivity index (χ0) is 40.5. The molecule has 310 valence electrons. The van der Waals surface area contributed by atoms with Crippen LogP contribution in [0, 0.1) is 21.0 Å². The van der Waals surface area contributed by atoms with Crippen LogP contribution in [0.15, 0.2) is 11.5 Å². The van der Waals surface area contributed by atoms with E-state index in [1.807, 2.05) is 6.26 Å². The number of quaternary nitrogens is 3. The van der Waals surface area contributed by atoms with E-state index in [0.717, 1.165) is 18.8 Å². The van der Waals surface area contributed by atoms with Gasteiger partial charge in [0.15, 0.2) is 28.4 Å². The van der Waals surface area contributed by atoms with Gasteiger partial charge in [-0.2, -0.15) is 29.2 Å². The number of fused-ring (bicyclic) bond motifs is 1. The number of aliphatic hydroxyl groups excluding tert-OH is 1. The highest BCUT2D eigenvalue weighted by Crippen LogP contribution is 2.79. The smallest absolute Gasteiger partial charge is 0.537 e. The number of thioether (sulfide) groups is 2. The second-order valence-corrected chi connectivity index (χ2v) is 24.6. The molecule has 5 unspecified atom stereocenters. The van der Waals surface area contributed by atoms with E-state index in [1.165, 1.54) is 10.9 Å². The van der Waals surface area contributed by atoms with Crippen molar-refractivity contribution in [3.05, 3.63) is 21.9 Å². The molecular weight excluding hydrogens is 875 g/mol. The normalized spacial score (nSPS) is 25.2. The Hall–Kier alpha value is -0.370. The number of nitrogens with zero attached hydrogens (tertiary/aromatic N) is 4. The van der Waals surface area contributed by atoms with Crippen LogP contribution in [-0.2, 0) is 31.8 Å². The number of imidazole rings is 1. The molecule has 2 aromatic heterocycles. The fourth-order valence-electron chi connectivity index (χ4n) is 5.41. The third-order valence-corrected chi connectivity index (χ3v) is 20.9. The molecule has 1 saturated carbocycles. The van der Waals surface area contributed by atoms with Gasteiger partial charge in [0.05, 0.1) is 53.2 Å². The molecule has 2 aromatic rings.